The van der Waals surface area contributed by atoms with Crippen LogP contribution in [0.15, 0.2) is 0 Å². The summed E-state index contributed by atoms with van der Waals surface area (Å²) in [6.07, 6.45) is 5.66. The molecule has 2 unspecified atom stereocenters. The molecular formula is C11H22N2OS. The molecule has 0 aliphatic heterocycles. The van der Waals surface area contributed by atoms with Crippen molar-refractivity contribution in [3.05, 3.63) is 0 Å². The van der Waals surface area contributed by atoms with Crippen LogP contribution in [0.2, 0.25) is 0 Å². The molecule has 1 aliphatic carbocycles. The molecule has 0 aromatic heterocycles. The Bertz CT molecular complexity index is 231. The summed E-state index contributed by atoms with van der Waals surface area (Å²) in [6.45, 7) is 4.19. The van der Waals surface area contributed by atoms with E-state index in [1.165, 1.54) is 12.8 Å². The number of hydrogen-bond donors (Lipinski definition) is 2. The van der Waals surface area contributed by atoms with E-state index in [0.29, 0.717) is 17.8 Å². The number of nitrogens with one attached hydrogen (secondary N) is 1. The highest BCUT2D eigenvalue weighted by Gasteiger charge is 2.32. The number of thioether (sulfide) groups is 1. The van der Waals surface area contributed by atoms with E-state index in [9.17, 15) is 4.79 Å². The minimum absolute atomic E-state index is 0.0935. The molecule has 1 fully saturated rings. The summed E-state index contributed by atoms with van der Waals surface area (Å²) in [4.78, 5) is 11.9. The maximum atomic E-state index is 11.9. The fourth-order valence-corrected chi connectivity index (χ4v) is 2.76. The summed E-state index contributed by atoms with van der Waals surface area (Å²) >= 11 is 1.85. The Morgan fingerprint density at radius 1 is 1.53 bits per heavy atom. The van der Waals surface area contributed by atoms with Gasteiger partial charge in [-0.2, -0.15) is 11.8 Å². The summed E-state index contributed by atoms with van der Waals surface area (Å²) < 4.78 is 0. The standard InChI is InChI=1S/C11H22N2OS/c1-11(2,7-12)10(14)13-8-5-4-6-9(8)15-3/h8-9H,4-7,12H2,1-3H3,(H,13,14). The maximum absolute atomic E-state index is 11.9. The van der Waals surface area contributed by atoms with Crippen LogP contribution in [0.3, 0.4) is 0 Å². The molecule has 0 aromatic carbocycles. The normalized spacial score (nSPS) is 26.7. The van der Waals surface area contributed by atoms with Gasteiger partial charge in [0.2, 0.25) is 5.91 Å². The van der Waals surface area contributed by atoms with E-state index in [4.69, 9.17) is 5.73 Å². The Kier molecular flexibility index (Phi) is 4.46. The van der Waals surface area contributed by atoms with Crippen LogP contribution >= 0.6 is 11.8 Å². The molecule has 0 heterocycles. The second-order valence-electron chi connectivity index (χ2n) is 4.87. The SMILES string of the molecule is CSC1CCCC1NC(=O)C(C)(C)CN. The van der Waals surface area contributed by atoms with Crippen molar-refractivity contribution in [1.29, 1.82) is 0 Å². The van der Waals surface area contributed by atoms with Crippen molar-refractivity contribution in [3.8, 4) is 0 Å². The summed E-state index contributed by atoms with van der Waals surface area (Å²) in [5, 5.41) is 3.72. The summed E-state index contributed by atoms with van der Waals surface area (Å²) in [6, 6.07) is 0.346. The molecule has 0 saturated heterocycles. The Balaban J connectivity index is 2.51. The molecule has 0 aromatic rings. The first-order chi connectivity index (χ1) is 7.01. The molecule has 1 rings (SSSR count). The molecular weight excluding hydrogens is 208 g/mol. The minimum Gasteiger partial charge on any atom is -0.352 e. The summed E-state index contributed by atoms with van der Waals surface area (Å²) in [5.74, 6) is 0.0935. The van der Waals surface area contributed by atoms with Crippen LogP contribution in [0.5, 0.6) is 0 Å². The molecule has 0 spiro atoms. The molecule has 3 nitrogen and oxygen atoms in total. The van der Waals surface area contributed by atoms with Crippen LogP contribution in [0.25, 0.3) is 0 Å². The van der Waals surface area contributed by atoms with Gasteiger partial charge in [-0.25, -0.2) is 0 Å². The first-order valence-electron chi connectivity index (χ1n) is 5.55. The third kappa shape index (κ3) is 3.11. The van der Waals surface area contributed by atoms with Crippen molar-refractivity contribution < 1.29 is 4.79 Å². The molecule has 0 bridgehead atoms. The highest BCUT2D eigenvalue weighted by molar-refractivity contribution is 7.99. The third-order valence-corrected chi connectivity index (χ3v) is 4.37. The van der Waals surface area contributed by atoms with Gasteiger partial charge < -0.3 is 11.1 Å². The molecule has 0 radical (unpaired) electrons. The molecule has 1 saturated carbocycles. The number of rotatable bonds is 4. The van der Waals surface area contributed by atoms with E-state index < -0.39 is 5.41 Å². The van der Waals surface area contributed by atoms with Crippen LogP contribution < -0.4 is 11.1 Å². The van der Waals surface area contributed by atoms with Gasteiger partial charge in [0.1, 0.15) is 0 Å². The van der Waals surface area contributed by atoms with Crippen molar-refractivity contribution in [3.63, 3.8) is 0 Å². The third-order valence-electron chi connectivity index (χ3n) is 3.20. The van der Waals surface area contributed by atoms with Gasteiger partial charge in [0.05, 0.1) is 5.41 Å². The topological polar surface area (TPSA) is 55.1 Å². The highest BCUT2D eigenvalue weighted by atomic mass is 32.2. The quantitative estimate of drug-likeness (QED) is 0.767. The smallest absolute Gasteiger partial charge is 0.227 e. The largest absolute Gasteiger partial charge is 0.352 e. The molecule has 3 N–H and O–H groups in total. The van der Waals surface area contributed by atoms with Crippen LogP contribution in [-0.2, 0) is 4.79 Å². The monoisotopic (exact) mass is 230 g/mol. The maximum Gasteiger partial charge on any atom is 0.227 e. The predicted octanol–water partition coefficient (Wildman–Crippen LogP) is 1.37. The molecule has 4 heteroatoms. The molecule has 15 heavy (non-hydrogen) atoms. The lowest BCUT2D eigenvalue weighted by atomic mass is 9.92. The number of amides is 1. The Morgan fingerprint density at radius 2 is 2.20 bits per heavy atom. The van der Waals surface area contributed by atoms with Crippen LogP contribution in [0, 0.1) is 5.41 Å². The van der Waals surface area contributed by atoms with Gasteiger partial charge in [0, 0.05) is 17.8 Å². The van der Waals surface area contributed by atoms with E-state index in [1.54, 1.807) is 0 Å². The molecule has 2 atom stereocenters. The number of hydrogen-bond acceptors (Lipinski definition) is 3. The average molecular weight is 230 g/mol. The van der Waals surface area contributed by atoms with Crippen LogP contribution in [0.1, 0.15) is 33.1 Å². The fourth-order valence-electron chi connectivity index (χ4n) is 1.83. The van der Waals surface area contributed by atoms with Gasteiger partial charge in [0.15, 0.2) is 0 Å². The minimum atomic E-state index is -0.439. The Morgan fingerprint density at radius 3 is 2.73 bits per heavy atom. The van der Waals surface area contributed by atoms with E-state index in [2.05, 4.69) is 11.6 Å². The zero-order chi connectivity index (χ0) is 11.5. The number of nitrogens with two attached hydrogens (primary N) is 1. The number of carbonyl (C=O) groups is 1. The van der Waals surface area contributed by atoms with Gasteiger partial charge in [0.25, 0.3) is 0 Å². The highest BCUT2D eigenvalue weighted by Crippen LogP contribution is 2.29. The fraction of sp³-hybridized carbons (Fsp3) is 0.909. The van der Waals surface area contributed by atoms with E-state index in [0.717, 1.165) is 6.42 Å². The predicted molar refractivity (Wildman–Crippen MR) is 65.9 cm³/mol. The Hall–Kier alpha value is -0.220. The lowest BCUT2D eigenvalue weighted by Crippen LogP contribution is -2.47. The van der Waals surface area contributed by atoms with Gasteiger partial charge in [-0.1, -0.05) is 6.42 Å². The van der Waals surface area contributed by atoms with Crippen molar-refractivity contribution >= 4 is 17.7 Å². The molecule has 88 valence electrons. The van der Waals surface area contributed by atoms with E-state index in [-0.39, 0.29) is 5.91 Å². The number of carbonyl (C=O) groups excluding carboxylic acids is 1. The summed E-state index contributed by atoms with van der Waals surface area (Å²) in [7, 11) is 0. The first kappa shape index (κ1) is 12.8. The van der Waals surface area contributed by atoms with Crippen molar-refractivity contribution in [1.82, 2.24) is 5.32 Å². The van der Waals surface area contributed by atoms with Gasteiger partial charge in [-0.15, -0.1) is 0 Å². The molecule has 1 aliphatic rings. The van der Waals surface area contributed by atoms with Gasteiger partial charge in [-0.3, -0.25) is 4.79 Å². The van der Waals surface area contributed by atoms with Gasteiger partial charge >= 0.3 is 0 Å². The van der Waals surface area contributed by atoms with Crippen molar-refractivity contribution in [2.45, 2.75) is 44.4 Å². The van der Waals surface area contributed by atoms with Crippen molar-refractivity contribution in [2.24, 2.45) is 11.1 Å². The second-order valence-corrected chi connectivity index (χ2v) is 5.95. The molecule has 1 amide bonds. The lowest BCUT2D eigenvalue weighted by Gasteiger charge is -2.26. The first-order valence-corrected chi connectivity index (χ1v) is 6.84. The second kappa shape index (κ2) is 5.21. The van der Waals surface area contributed by atoms with Gasteiger partial charge in [-0.05, 0) is 32.9 Å². The summed E-state index contributed by atoms with van der Waals surface area (Å²) in [5.41, 5.74) is 5.14. The zero-order valence-corrected chi connectivity index (χ0v) is 10.7. The van der Waals surface area contributed by atoms with Crippen LogP contribution in [0.4, 0.5) is 0 Å². The average Bonchev–Trinajstić information content (AvgIpc) is 2.65. The van der Waals surface area contributed by atoms with Crippen molar-refractivity contribution in [2.75, 3.05) is 12.8 Å². The van der Waals surface area contributed by atoms with E-state index in [1.807, 2.05) is 25.6 Å². The van der Waals surface area contributed by atoms with Crippen LogP contribution in [-0.4, -0.2) is 30.0 Å². The van der Waals surface area contributed by atoms with E-state index >= 15 is 0 Å². The zero-order valence-electron chi connectivity index (χ0n) is 9.88. The lowest BCUT2D eigenvalue weighted by molar-refractivity contribution is -0.129. The Labute approximate surface area is 96.6 Å².